The Morgan fingerprint density at radius 1 is 1.25 bits per heavy atom. The van der Waals surface area contributed by atoms with Crippen LogP contribution in [0.1, 0.15) is 0 Å². The van der Waals surface area contributed by atoms with Gasteiger partial charge in [-0.1, -0.05) is 29.1 Å². The molecule has 0 N–H and O–H groups in total. The van der Waals surface area contributed by atoms with Gasteiger partial charge in [-0.05, 0) is 0 Å². The molecule has 1 aliphatic rings. The van der Waals surface area contributed by atoms with E-state index in [2.05, 4.69) is 5.92 Å². The topological polar surface area (TPSA) is 37.4 Å². The molecule has 0 aromatic heterocycles. The molecule has 0 aromatic rings. The first-order valence-electron chi connectivity index (χ1n) is 2.94. The summed E-state index contributed by atoms with van der Waals surface area (Å²) in [6, 6.07) is 0. The van der Waals surface area contributed by atoms with Crippen molar-refractivity contribution in [3.8, 4) is 12.3 Å². The van der Waals surface area contributed by atoms with Crippen LogP contribution in [0.15, 0.2) is 10.1 Å². The molecule has 5 heteroatoms. The van der Waals surface area contributed by atoms with E-state index < -0.39 is 11.8 Å². The van der Waals surface area contributed by atoms with Gasteiger partial charge in [0.25, 0.3) is 11.8 Å². The highest BCUT2D eigenvalue weighted by atomic mass is 35.5. The molecular weight excluding hydrogens is 201 g/mol. The van der Waals surface area contributed by atoms with Gasteiger partial charge in [-0.3, -0.25) is 14.5 Å². The van der Waals surface area contributed by atoms with Crippen LogP contribution < -0.4 is 0 Å². The van der Waals surface area contributed by atoms with E-state index >= 15 is 0 Å². The maximum atomic E-state index is 11.1. The SMILES string of the molecule is C#CCN1C(=O)C(Cl)=C(Cl)C1=O. The van der Waals surface area contributed by atoms with Crippen molar-refractivity contribution in [2.24, 2.45) is 0 Å². The van der Waals surface area contributed by atoms with Gasteiger partial charge in [0.15, 0.2) is 0 Å². The lowest BCUT2D eigenvalue weighted by molar-refractivity contribution is -0.136. The fourth-order valence-electron chi connectivity index (χ4n) is 0.752. The number of rotatable bonds is 1. The van der Waals surface area contributed by atoms with Crippen molar-refractivity contribution in [2.45, 2.75) is 0 Å². The van der Waals surface area contributed by atoms with E-state index in [1.165, 1.54) is 0 Å². The third-order valence-corrected chi connectivity index (χ3v) is 2.11. The van der Waals surface area contributed by atoms with Crippen LogP contribution in [-0.4, -0.2) is 23.3 Å². The van der Waals surface area contributed by atoms with E-state index in [4.69, 9.17) is 29.6 Å². The smallest absolute Gasteiger partial charge is 0.267 e. The van der Waals surface area contributed by atoms with Crippen molar-refractivity contribution in [2.75, 3.05) is 6.54 Å². The van der Waals surface area contributed by atoms with Crippen LogP contribution in [-0.2, 0) is 9.59 Å². The Bertz CT molecular complexity index is 303. The average molecular weight is 204 g/mol. The molecule has 12 heavy (non-hydrogen) atoms. The average Bonchev–Trinajstić information content (AvgIpc) is 2.23. The van der Waals surface area contributed by atoms with Gasteiger partial charge in [0.05, 0.1) is 6.54 Å². The van der Waals surface area contributed by atoms with Crippen LogP contribution in [0.5, 0.6) is 0 Å². The minimum atomic E-state index is -0.635. The number of hydrogen-bond acceptors (Lipinski definition) is 2. The van der Waals surface area contributed by atoms with Gasteiger partial charge in [0.2, 0.25) is 0 Å². The lowest BCUT2D eigenvalue weighted by Crippen LogP contribution is -2.31. The second-order valence-electron chi connectivity index (χ2n) is 2.03. The van der Waals surface area contributed by atoms with Gasteiger partial charge >= 0.3 is 0 Å². The molecule has 0 saturated heterocycles. The number of nitrogens with zero attached hydrogens (tertiary/aromatic N) is 1. The number of imide groups is 1. The van der Waals surface area contributed by atoms with Crippen molar-refractivity contribution in [1.29, 1.82) is 0 Å². The first-order valence-corrected chi connectivity index (χ1v) is 3.70. The lowest BCUT2D eigenvalue weighted by Gasteiger charge is -2.08. The van der Waals surface area contributed by atoms with Crippen LogP contribution in [0.4, 0.5) is 0 Å². The van der Waals surface area contributed by atoms with Crippen LogP contribution >= 0.6 is 23.2 Å². The molecular formula is C7H3Cl2NO2. The van der Waals surface area contributed by atoms with Gasteiger partial charge in [-0.2, -0.15) is 0 Å². The molecule has 0 aliphatic carbocycles. The number of carbonyl (C=O) groups is 2. The van der Waals surface area contributed by atoms with Crippen LogP contribution in [0.3, 0.4) is 0 Å². The van der Waals surface area contributed by atoms with Gasteiger partial charge in [-0.25, -0.2) is 0 Å². The summed E-state index contributed by atoms with van der Waals surface area (Å²) in [5.74, 6) is 0.883. The maximum absolute atomic E-state index is 11.1. The highest BCUT2D eigenvalue weighted by Gasteiger charge is 2.35. The Hall–Kier alpha value is -0.980. The van der Waals surface area contributed by atoms with Crippen molar-refractivity contribution in [1.82, 2.24) is 4.90 Å². The number of halogens is 2. The van der Waals surface area contributed by atoms with Crippen LogP contribution in [0.2, 0.25) is 0 Å². The summed E-state index contributed by atoms with van der Waals surface area (Å²) in [5, 5.41) is -0.533. The largest absolute Gasteiger partial charge is 0.274 e. The summed E-state index contributed by atoms with van der Waals surface area (Å²) in [6.07, 6.45) is 4.92. The third kappa shape index (κ3) is 1.20. The van der Waals surface area contributed by atoms with Crippen LogP contribution in [0.25, 0.3) is 0 Å². The standard InChI is InChI=1S/C7H3Cl2NO2/c1-2-3-10-6(11)4(8)5(9)7(10)12/h1H,3H2. The van der Waals surface area contributed by atoms with Crippen molar-refractivity contribution < 1.29 is 9.59 Å². The Balaban J connectivity index is 2.97. The van der Waals surface area contributed by atoms with Gasteiger partial charge < -0.3 is 0 Å². The molecule has 2 amide bonds. The summed E-state index contributed by atoms with van der Waals surface area (Å²) in [7, 11) is 0. The van der Waals surface area contributed by atoms with Gasteiger partial charge in [0.1, 0.15) is 10.1 Å². The molecule has 0 aromatic carbocycles. The first kappa shape index (κ1) is 9.11. The van der Waals surface area contributed by atoms with Gasteiger partial charge in [0, 0.05) is 0 Å². The molecule has 1 rings (SSSR count). The van der Waals surface area contributed by atoms with Crippen molar-refractivity contribution >= 4 is 35.0 Å². The summed E-state index contributed by atoms with van der Waals surface area (Å²) in [5.41, 5.74) is 0. The highest BCUT2D eigenvalue weighted by molar-refractivity contribution is 6.58. The summed E-state index contributed by atoms with van der Waals surface area (Å²) >= 11 is 10.8. The Kier molecular flexibility index (Phi) is 2.41. The van der Waals surface area contributed by atoms with Crippen molar-refractivity contribution in [3.63, 3.8) is 0 Å². The Morgan fingerprint density at radius 2 is 1.67 bits per heavy atom. The van der Waals surface area contributed by atoms with E-state index in [0.717, 1.165) is 4.90 Å². The zero-order valence-electron chi connectivity index (χ0n) is 5.80. The number of carbonyl (C=O) groups excluding carboxylic acids is 2. The zero-order valence-corrected chi connectivity index (χ0v) is 7.32. The Morgan fingerprint density at radius 3 is 2.00 bits per heavy atom. The second kappa shape index (κ2) is 3.18. The lowest BCUT2D eigenvalue weighted by atomic mass is 10.5. The fourth-order valence-corrected chi connectivity index (χ4v) is 1.12. The fraction of sp³-hybridized carbons (Fsp3) is 0.143. The predicted molar refractivity (Wildman–Crippen MR) is 44.3 cm³/mol. The van der Waals surface area contributed by atoms with E-state index in [1.807, 2.05) is 0 Å². The Labute approximate surface area is 78.9 Å². The molecule has 1 aliphatic heterocycles. The summed E-state index contributed by atoms with van der Waals surface area (Å²) < 4.78 is 0. The molecule has 0 saturated carbocycles. The first-order chi connectivity index (χ1) is 5.59. The minimum Gasteiger partial charge on any atom is -0.267 e. The molecule has 0 bridgehead atoms. The number of amides is 2. The molecule has 62 valence electrons. The third-order valence-electron chi connectivity index (χ3n) is 1.31. The molecule has 0 unspecified atom stereocenters. The van der Waals surface area contributed by atoms with Crippen molar-refractivity contribution in [3.05, 3.63) is 10.1 Å². The van der Waals surface area contributed by atoms with E-state index in [-0.39, 0.29) is 16.6 Å². The molecule has 1 heterocycles. The van der Waals surface area contributed by atoms with Gasteiger partial charge in [-0.15, -0.1) is 6.42 Å². The second-order valence-corrected chi connectivity index (χ2v) is 2.78. The summed E-state index contributed by atoms with van der Waals surface area (Å²) in [6.45, 7) is -0.107. The monoisotopic (exact) mass is 203 g/mol. The highest BCUT2D eigenvalue weighted by Crippen LogP contribution is 2.25. The van der Waals surface area contributed by atoms with E-state index in [0.29, 0.717) is 0 Å². The number of terminal acetylenes is 1. The van der Waals surface area contributed by atoms with E-state index in [9.17, 15) is 9.59 Å². The zero-order chi connectivity index (χ0) is 9.30. The molecule has 0 spiro atoms. The quantitative estimate of drug-likeness (QED) is 0.465. The minimum absolute atomic E-state index is 0.107. The molecule has 0 radical (unpaired) electrons. The normalized spacial score (nSPS) is 17.2. The maximum Gasteiger partial charge on any atom is 0.274 e. The van der Waals surface area contributed by atoms with Crippen LogP contribution in [0, 0.1) is 12.3 Å². The molecule has 0 atom stereocenters. The van der Waals surface area contributed by atoms with E-state index in [1.54, 1.807) is 0 Å². The predicted octanol–water partition coefficient (Wildman–Crippen LogP) is 0.678. The molecule has 3 nitrogen and oxygen atoms in total. The molecule has 0 fully saturated rings. The summed E-state index contributed by atoms with van der Waals surface area (Å²) in [4.78, 5) is 22.9. The number of hydrogen-bond donors (Lipinski definition) is 0.